The summed E-state index contributed by atoms with van der Waals surface area (Å²) in [7, 11) is 1.40. The van der Waals surface area contributed by atoms with Gasteiger partial charge in [-0.05, 0) is 29.2 Å². The van der Waals surface area contributed by atoms with E-state index in [9.17, 15) is 4.79 Å². The van der Waals surface area contributed by atoms with E-state index in [1.807, 2.05) is 67.6 Å². The third kappa shape index (κ3) is 4.70. The fraction of sp³-hybridized carbons (Fsp3) is 0.167. The molecular formula is C24H23NO2. The maximum absolute atomic E-state index is 12.4. The first-order valence-corrected chi connectivity index (χ1v) is 8.94. The summed E-state index contributed by atoms with van der Waals surface area (Å²) in [6.45, 7) is 1.81. The van der Waals surface area contributed by atoms with Gasteiger partial charge in [-0.3, -0.25) is 4.99 Å². The molecule has 0 saturated heterocycles. The summed E-state index contributed by atoms with van der Waals surface area (Å²) >= 11 is 0. The van der Waals surface area contributed by atoms with E-state index in [0.717, 1.165) is 16.7 Å². The number of aliphatic imine (C=N–C) groups is 1. The summed E-state index contributed by atoms with van der Waals surface area (Å²) < 4.78 is 5.02. The Balaban J connectivity index is 1.82. The average molecular weight is 357 g/mol. The molecule has 27 heavy (non-hydrogen) atoms. The van der Waals surface area contributed by atoms with E-state index in [0.29, 0.717) is 6.42 Å². The average Bonchev–Trinajstić information content (AvgIpc) is 2.73. The summed E-state index contributed by atoms with van der Waals surface area (Å²) in [6.07, 6.45) is 2.20. The summed E-state index contributed by atoms with van der Waals surface area (Å²) in [5.74, 6) is -0.346. The monoisotopic (exact) mass is 357 g/mol. The van der Waals surface area contributed by atoms with Gasteiger partial charge in [0.05, 0.1) is 7.11 Å². The maximum Gasteiger partial charge on any atom is 0.333 e. The second-order valence-corrected chi connectivity index (χ2v) is 6.67. The molecule has 0 aliphatic heterocycles. The zero-order valence-electron chi connectivity index (χ0n) is 15.6. The fourth-order valence-corrected chi connectivity index (χ4v) is 2.99. The van der Waals surface area contributed by atoms with Crippen molar-refractivity contribution >= 4 is 12.2 Å². The molecule has 3 aromatic rings. The molecule has 0 heterocycles. The van der Waals surface area contributed by atoms with E-state index in [2.05, 4.69) is 29.3 Å². The van der Waals surface area contributed by atoms with Crippen molar-refractivity contribution in [2.75, 3.05) is 7.11 Å². The summed E-state index contributed by atoms with van der Waals surface area (Å²) in [6, 6.07) is 28.2. The van der Waals surface area contributed by atoms with Crippen LogP contribution < -0.4 is 0 Å². The number of carbonyl (C=O) groups excluding carboxylic acids is 1. The Morgan fingerprint density at radius 1 is 0.889 bits per heavy atom. The van der Waals surface area contributed by atoms with Crippen molar-refractivity contribution in [3.05, 3.63) is 96.1 Å². The van der Waals surface area contributed by atoms with Crippen LogP contribution in [0.4, 0.5) is 0 Å². The largest absolute Gasteiger partial charge is 0.467 e. The van der Waals surface area contributed by atoms with E-state index in [4.69, 9.17) is 4.74 Å². The van der Waals surface area contributed by atoms with Crippen molar-refractivity contribution in [1.29, 1.82) is 0 Å². The lowest BCUT2D eigenvalue weighted by Gasteiger charge is -2.22. The number of nitrogens with zero attached hydrogens (tertiary/aromatic N) is 1. The molecule has 3 nitrogen and oxygen atoms in total. The number of carbonyl (C=O) groups is 1. The third-order valence-corrected chi connectivity index (χ3v) is 4.53. The number of ether oxygens (including phenoxy) is 1. The highest BCUT2D eigenvalue weighted by atomic mass is 16.5. The van der Waals surface area contributed by atoms with Gasteiger partial charge in [0, 0.05) is 12.6 Å². The molecule has 0 aromatic heterocycles. The standard InChI is InChI=1S/C24H23NO2/c1-24(23(26)27-2,25-18-20-9-5-3-6-10-20)17-19-13-15-22(16-14-19)21-11-7-4-8-12-21/h3-16,18H,17H2,1-2H3. The quantitative estimate of drug-likeness (QED) is 0.463. The molecular weight excluding hydrogens is 334 g/mol. The van der Waals surface area contributed by atoms with Gasteiger partial charge in [0.15, 0.2) is 5.54 Å². The molecule has 136 valence electrons. The van der Waals surface area contributed by atoms with Gasteiger partial charge in [0.25, 0.3) is 0 Å². The SMILES string of the molecule is COC(=O)C(C)(Cc1ccc(-c2ccccc2)cc1)N=Cc1ccccc1. The second kappa shape index (κ2) is 8.45. The number of esters is 1. The summed E-state index contributed by atoms with van der Waals surface area (Å²) in [5, 5.41) is 0. The Kier molecular flexibility index (Phi) is 5.82. The highest BCUT2D eigenvalue weighted by molar-refractivity contribution is 5.87. The molecule has 3 aromatic carbocycles. The first-order valence-electron chi connectivity index (χ1n) is 8.94. The Morgan fingerprint density at radius 2 is 1.44 bits per heavy atom. The molecule has 0 bridgehead atoms. The van der Waals surface area contributed by atoms with Crippen LogP contribution in [-0.4, -0.2) is 24.8 Å². The smallest absolute Gasteiger partial charge is 0.333 e. The molecule has 0 N–H and O–H groups in total. The highest BCUT2D eigenvalue weighted by Gasteiger charge is 2.33. The number of methoxy groups -OCH3 is 1. The Morgan fingerprint density at radius 3 is 2.04 bits per heavy atom. The summed E-state index contributed by atoms with van der Waals surface area (Å²) in [4.78, 5) is 17.0. The molecule has 1 atom stereocenters. The van der Waals surface area contributed by atoms with Gasteiger partial charge in [0.2, 0.25) is 0 Å². The van der Waals surface area contributed by atoms with E-state index in [1.54, 1.807) is 6.21 Å². The lowest BCUT2D eigenvalue weighted by atomic mass is 9.92. The zero-order chi connectivity index (χ0) is 19.1. The van der Waals surface area contributed by atoms with Crippen LogP contribution in [0.5, 0.6) is 0 Å². The molecule has 0 aliphatic carbocycles. The van der Waals surface area contributed by atoms with Crippen LogP contribution in [0.1, 0.15) is 18.1 Å². The van der Waals surface area contributed by atoms with Crippen molar-refractivity contribution < 1.29 is 9.53 Å². The van der Waals surface area contributed by atoms with Crippen molar-refractivity contribution in [1.82, 2.24) is 0 Å². The molecule has 0 radical (unpaired) electrons. The predicted octanol–water partition coefficient (Wildman–Crippen LogP) is 4.95. The van der Waals surface area contributed by atoms with Gasteiger partial charge in [-0.15, -0.1) is 0 Å². The molecule has 0 amide bonds. The first-order chi connectivity index (χ1) is 13.1. The lowest BCUT2D eigenvalue weighted by molar-refractivity contribution is -0.146. The van der Waals surface area contributed by atoms with Gasteiger partial charge in [-0.1, -0.05) is 84.9 Å². The number of hydrogen-bond donors (Lipinski definition) is 0. The second-order valence-electron chi connectivity index (χ2n) is 6.67. The predicted molar refractivity (Wildman–Crippen MR) is 110 cm³/mol. The molecule has 0 saturated carbocycles. The van der Waals surface area contributed by atoms with Crippen LogP contribution in [-0.2, 0) is 16.0 Å². The fourth-order valence-electron chi connectivity index (χ4n) is 2.99. The number of hydrogen-bond acceptors (Lipinski definition) is 3. The van der Waals surface area contributed by atoms with Crippen LogP contribution in [0, 0.1) is 0 Å². The summed E-state index contributed by atoms with van der Waals surface area (Å²) in [5.41, 5.74) is 3.33. The van der Waals surface area contributed by atoms with E-state index < -0.39 is 5.54 Å². The first kappa shape index (κ1) is 18.6. The zero-order valence-corrected chi connectivity index (χ0v) is 15.6. The van der Waals surface area contributed by atoms with Gasteiger partial charge >= 0.3 is 5.97 Å². The van der Waals surface area contributed by atoms with Gasteiger partial charge in [-0.2, -0.15) is 0 Å². The molecule has 0 aliphatic rings. The molecule has 3 heteroatoms. The van der Waals surface area contributed by atoms with Crippen LogP contribution in [0.2, 0.25) is 0 Å². The Labute approximate surface area is 160 Å². The highest BCUT2D eigenvalue weighted by Crippen LogP contribution is 2.23. The van der Waals surface area contributed by atoms with E-state index in [-0.39, 0.29) is 5.97 Å². The van der Waals surface area contributed by atoms with Gasteiger partial charge < -0.3 is 4.74 Å². The minimum atomic E-state index is -0.973. The van der Waals surface area contributed by atoms with Crippen LogP contribution in [0.15, 0.2) is 89.9 Å². The number of rotatable bonds is 6. The van der Waals surface area contributed by atoms with E-state index in [1.165, 1.54) is 12.7 Å². The van der Waals surface area contributed by atoms with E-state index >= 15 is 0 Å². The molecule has 0 spiro atoms. The molecule has 0 fully saturated rings. The van der Waals surface area contributed by atoms with Crippen molar-refractivity contribution in [2.24, 2.45) is 4.99 Å². The van der Waals surface area contributed by atoms with Gasteiger partial charge in [-0.25, -0.2) is 4.79 Å². The van der Waals surface area contributed by atoms with Crippen molar-refractivity contribution in [3.63, 3.8) is 0 Å². The van der Waals surface area contributed by atoms with Crippen LogP contribution in [0.3, 0.4) is 0 Å². The third-order valence-electron chi connectivity index (χ3n) is 4.53. The Bertz CT molecular complexity index is 902. The number of benzene rings is 3. The van der Waals surface area contributed by atoms with Crippen LogP contribution in [0.25, 0.3) is 11.1 Å². The minimum Gasteiger partial charge on any atom is -0.467 e. The van der Waals surface area contributed by atoms with Crippen molar-refractivity contribution in [2.45, 2.75) is 18.9 Å². The molecule has 1 unspecified atom stereocenters. The minimum absolute atomic E-state index is 0.346. The lowest BCUT2D eigenvalue weighted by Crippen LogP contribution is -2.37. The Hall–Kier alpha value is -3.20. The normalized spacial score (nSPS) is 13.3. The molecule has 3 rings (SSSR count). The van der Waals surface area contributed by atoms with Crippen molar-refractivity contribution in [3.8, 4) is 11.1 Å². The topological polar surface area (TPSA) is 38.7 Å². The maximum atomic E-state index is 12.4. The van der Waals surface area contributed by atoms with Gasteiger partial charge in [0.1, 0.15) is 0 Å². The van der Waals surface area contributed by atoms with Crippen LogP contribution >= 0.6 is 0 Å².